The van der Waals surface area contributed by atoms with Crippen molar-refractivity contribution >= 4 is 22.5 Å². The van der Waals surface area contributed by atoms with Crippen molar-refractivity contribution in [1.29, 1.82) is 0 Å². The fourth-order valence-corrected chi connectivity index (χ4v) is 3.67. The predicted molar refractivity (Wildman–Crippen MR) is 97.4 cm³/mol. The van der Waals surface area contributed by atoms with Crippen molar-refractivity contribution in [2.45, 2.75) is 26.7 Å². The molecule has 0 unspecified atom stereocenters. The molecule has 1 aliphatic heterocycles. The van der Waals surface area contributed by atoms with Gasteiger partial charge in [-0.2, -0.15) is 0 Å². The van der Waals surface area contributed by atoms with E-state index in [4.69, 9.17) is 0 Å². The number of benzene rings is 2. The van der Waals surface area contributed by atoms with Gasteiger partial charge in [0.1, 0.15) is 0 Å². The van der Waals surface area contributed by atoms with Gasteiger partial charge in [0, 0.05) is 23.3 Å². The van der Waals surface area contributed by atoms with Crippen molar-refractivity contribution in [2.75, 3.05) is 11.4 Å². The SMILES string of the molecule is Cc1nc2ccccc2c(C)c1CC(=O)N1CCc2ccccc21. The number of hydrogen-bond acceptors (Lipinski definition) is 2. The summed E-state index contributed by atoms with van der Waals surface area (Å²) in [6.07, 6.45) is 1.35. The summed E-state index contributed by atoms with van der Waals surface area (Å²) in [6, 6.07) is 16.3. The first kappa shape index (κ1) is 14.9. The van der Waals surface area contributed by atoms with Crippen LogP contribution in [0, 0.1) is 13.8 Å². The molecule has 0 atom stereocenters. The van der Waals surface area contributed by atoms with Gasteiger partial charge >= 0.3 is 0 Å². The Bertz CT molecular complexity index is 946. The highest BCUT2D eigenvalue weighted by Gasteiger charge is 2.25. The Kier molecular flexibility index (Phi) is 3.57. The minimum absolute atomic E-state index is 0.156. The maximum atomic E-state index is 12.9. The Hall–Kier alpha value is -2.68. The molecule has 4 rings (SSSR count). The standard InChI is InChI=1S/C21H20N2O/c1-14-17-8-4-5-9-19(17)22-15(2)18(14)13-21(24)23-12-11-16-7-3-6-10-20(16)23/h3-10H,11-13H2,1-2H3. The fourth-order valence-electron chi connectivity index (χ4n) is 3.67. The molecule has 1 aromatic heterocycles. The van der Waals surface area contributed by atoms with Crippen LogP contribution in [0.3, 0.4) is 0 Å². The molecule has 0 radical (unpaired) electrons. The first-order valence-electron chi connectivity index (χ1n) is 8.38. The van der Waals surface area contributed by atoms with Crippen molar-refractivity contribution in [2.24, 2.45) is 0 Å². The Balaban J connectivity index is 1.69. The van der Waals surface area contributed by atoms with Crippen LogP contribution in [-0.4, -0.2) is 17.4 Å². The fraction of sp³-hybridized carbons (Fsp3) is 0.238. The molecule has 3 aromatic rings. The summed E-state index contributed by atoms with van der Waals surface area (Å²) in [7, 11) is 0. The van der Waals surface area contributed by atoms with E-state index in [1.165, 1.54) is 11.1 Å². The zero-order chi connectivity index (χ0) is 16.7. The second-order valence-electron chi connectivity index (χ2n) is 6.42. The highest BCUT2D eigenvalue weighted by atomic mass is 16.2. The van der Waals surface area contributed by atoms with Gasteiger partial charge in [-0.25, -0.2) is 0 Å². The number of carbonyl (C=O) groups excluding carboxylic acids is 1. The van der Waals surface area contributed by atoms with Crippen LogP contribution in [0.4, 0.5) is 5.69 Å². The third kappa shape index (κ3) is 2.37. The average Bonchev–Trinajstić information content (AvgIpc) is 3.02. The van der Waals surface area contributed by atoms with Crippen LogP contribution in [-0.2, 0) is 17.6 Å². The topological polar surface area (TPSA) is 33.2 Å². The maximum Gasteiger partial charge on any atom is 0.231 e. The van der Waals surface area contributed by atoms with E-state index in [-0.39, 0.29) is 5.91 Å². The number of pyridine rings is 1. The Morgan fingerprint density at radius 2 is 1.83 bits per heavy atom. The second kappa shape index (κ2) is 5.75. The number of carbonyl (C=O) groups is 1. The van der Waals surface area contributed by atoms with Gasteiger partial charge in [-0.05, 0) is 49.1 Å². The van der Waals surface area contributed by atoms with Crippen molar-refractivity contribution in [3.05, 3.63) is 70.9 Å². The lowest BCUT2D eigenvalue weighted by atomic mass is 9.99. The zero-order valence-corrected chi connectivity index (χ0v) is 14.0. The first-order chi connectivity index (χ1) is 11.6. The van der Waals surface area contributed by atoms with Crippen LogP contribution in [0.25, 0.3) is 10.9 Å². The summed E-state index contributed by atoms with van der Waals surface area (Å²) >= 11 is 0. The first-order valence-corrected chi connectivity index (χ1v) is 8.38. The third-order valence-electron chi connectivity index (χ3n) is 5.00. The van der Waals surface area contributed by atoms with Gasteiger partial charge in [-0.1, -0.05) is 36.4 Å². The molecule has 120 valence electrons. The van der Waals surface area contributed by atoms with Crippen LogP contribution in [0.15, 0.2) is 48.5 Å². The van der Waals surface area contributed by atoms with Crippen molar-refractivity contribution in [1.82, 2.24) is 4.98 Å². The summed E-state index contributed by atoms with van der Waals surface area (Å²) in [5.41, 5.74) is 6.49. The van der Waals surface area contributed by atoms with Gasteiger partial charge in [0.05, 0.1) is 11.9 Å². The van der Waals surface area contributed by atoms with Gasteiger partial charge in [-0.15, -0.1) is 0 Å². The van der Waals surface area contributed by atoms with E-state index in [1.807, 2.05) is 48.2 Å². The molecule has 0 saturated carbocycles. The minimum Gasteiger partial charge on any atom is -0.312 e. The molecule has 3 nitrogen and oxygen atoms in total. The van der Waals surface area contributed by atoms with E-state index in [1.54, 1.807) is 0 Å². The largest absolute Gasteiger partial charge is 0.312 e. The van der Waals surface area contributed by atoms with Crippen LogP contribution < -0.4 is 4.90 Å². The molecule has 1 amide bonds. The normalized spacial score (nSPS) is 13.3. The summed E-state index contributed by atoms with van der Waals surface area (Å²) in [4.78, 5) is 19.5. The van der Waals surface area contributed by atoms with Gasteiger partial charge in [0.15, 0.2) is 0 Å². The second-order valence-corrected chi connectivity index (χ2v) is 6.42. The number of hydrogen-bond donors (Lipinski definition) is 0. The minimum atomic E-state index is 0.156. The quantitative estimate of drug-likeness (QED) is 0.716. The van der Waals surface area contributed by atoms with E-state index in [0.29, 0.717) is 6.42 Å². The predicted octanol–water partition coefficient (Wildman–Crippen LogP) is 3.98. The Morgan fingerprint density at radius 1 is 1.08 bits per heavy atom. The van der Waals surface area contributed by atoms with E-state index < -0.39 is 0 Å². The number of anilines is 1. The van der Waals surface area contributed by atoms with Gasteiger partial charge in [0.2, 0.25) is 5.91 Å². The van der Waals surface area contributed by atoms with Crippen LogP contribution in [0.5, 0.6) is 0 Å². The average molecular weight is 316 g/mol. The lowest BCUT2D eigenvalue weighted by molar-refractivity contribution is -0.117. The number of aryl methyl sites for hydroxylation is 2. The molecule has 3 heteroatoms. The molecule has 1 aliphatic rings. The highest BCUT2D eigenvalue weighted by Crippen LogP contribution is 2.29. The summed E-state index contributed by atoms with van der Waals surface area (Å²) in [5.74, 6) is 0.156. The van der Waals surface area contributed by atoms with Crippen LogP contribution in [0.1, 0.15) is 22.4 Å². The van der Waals surface area contributed by atoms with Crippen molar-refractivity contribution in [3.63, 3.8) is 0 Å². The molecule has 0 saturated heterocycles. The van der Waals surface area contributed by atoms with Crippen LogP contribution in [0.2, 0.25) is 0 Å². The Morgan fingerprint density at radius 3 is 2.71 bits per heavy atom. The van der Waals surface area contributed by atoms with Gasteiger partial charge in [0.25, 0.3) is 0 Å². The third-order valence-corrected chi connectivity index (χ3v) is 5.00. The van der Waals surface area contributed by atoms with E-state index in [0.717, 1.165) is 40.8 Å². The maximum absolute atomic E-state index is 12.9. The smallest absolute Gasteiger partial charge is 0.231 e. The Labute approximate surface area is 141 Å². The summed E-state index contributed by atoms with van der Waals surface area (Å²) < 4.78 is 0. The number of aromatic nitrogens is 1. The van der Waals surface area contributed by atoms with Crippen molar-refractivity contribution in [3.8, 4) is 0 Å². The molecule has 0 N–H and O–H groups in total. The van der Waals surface area contributed by atoms with Crippen LogP contribution >= 0.6 is 0 Å². The molecule has 0 spiro atoms. The monoisotopic (exact) mass is 316 g/mol. The number of amides is 1. The molecule has 24 heavy (non-hydrogen) atoms. The highest BCUT2D eigenvalue weighted by molar-refractivity contribution is 5.97. The number of rotatable bonds is 2. The molecule has 2 heterocycles. The molecular weight excluding hydrogens is 296 g/mol. The number of para-hydroxylation sites is 2. The molecule has 0 bridgehead atoms. The molecule has 2 aromatic carbocycles. The van der Waals surface area contributed by atoms with E-state index >= 15 is 0 Å². The zero-order valence-electron chi connectivity index (χ0n) is 14.0. The van der Waals surface area contributed by atoms with Gasteiger partial charge < -0.3 is 4.90 Å². The lowest BCUT2D eigenvalue weighted by Crippen LogP contribution is -2.30. The van der Waals surface area contributed by atoms with Gasteiger partial charge in [-0.3, -0.25) is 9.78 Å². The van der Waals surface area contributed by atoms with Crippen molar-refractivity contribution < 1.29 is 4.79 Å². The summed E-state index contributed by atoms with van der Waals surface area (Å²) in [6.45, 7) is 4.87. The van der Waals surface area contributed by atoms with E-state index in [9.17, 15) is 4.79 Å². The lowest BCUT2D eigenvalue weighted by Gasteiger charge is -2.19. The number of fused-ring (bicyclic) bond motifs is 2. The van der Waals surface area contributed by atoms with E-state index in [2.05, 4.69) is 24.0 Å². The number of nitrogens with zero attached hydrogens (tertiary/aromatic N) is 2. The molecular formula is C21H20N2O. The molecule has 0 fully saturated rings. The summed E-state index contributed by atoms with van der Waals surface area (Å²) in [5, 5.41) is 1.13. The molecule has 0 aliphatic carbocycles.